The van der Waals surface area contributed by atoms with Gasteiger partial charge in [0.05, 0.1) is 6.61 Å². The summed E-state index contributed by atoms with van der Waals surface area (Å²) < 4.78 is 53.4. The van der Waals surface area contributed by atoms with Crippen LogP contribution in [-0.4, -0.2) is 47.4 Å². The topological polar surface area (TPSA) is 119 Å². The van der Waals surface area contributed by atoms with Crippen LogP contribution in [0.15, 0.2) is 46.1 Å². The van der Waals surface area contributed by atoms with Crippen LogP contribution in [0.3, 0.4) is 0 Å². The second-order valence-electron chi connectivity index (χ2n) is 7.79. The summed E-state index contributed by atoms with van der Waals surface area (Å²) in [5.41, 5.74) is -4.54. The lowest BCUT2D eigenvalue weighted by Crippen LogP contribution is -2.58. The molecule has 0 radical (unpaired) electrons. The molecule has 2 atom stereocenters. The maximum absolute atomic E-state index is 14.1. The molecule has 0 saturated heterocycles. The van der Waals surface area contributed by atoms with Gasteiger partial charge in [0, 0.05) is 31.0 Å². The Hall–Kier alpha value is -3.41. The van der Waals surface area contributed by atoms with Gasteiger partial charge in [-0.2, -0.15) is 13.2 Å². The fourth-order valence-corrected chi connectivity index (χ4v) is 3.59. The van der Waals surface area contributed by atoms with Gasteiger partial charge in [0.25, 0.3) is 17.1 Å². The van der Waals surface area contributed by atoms with Crippen LogP contribution >= 0.6 is 0 Å². The van der Waals surface area contributed by atoms with Crippen LogP contribution in [0.1, 0.15) is 37.3 Å². The van der Waals surface area contributed by atoms with Crippen LogP contribution < -0.4 is 16.6 Å². The molecular weight excluding hydrogens is 471 g/mol. The number of hydrogen-bond donors (Lipinski definition) is 2. The number of hydrogen-bond acceptors (Lipinski definition) is 6. The summed E-state index contributed by atoms with van der Waals surface area (Å²) in [4.78, 5) is 51.0. The number of H-pyrrole nitrogens is 1. The Bertz CT molecular complexity index is 1130. The smallest absolute Gasteiger partial charge is 0.430 e. The lowest BCUT2D eigenvalue weighted by Gasteiger charge is -2.34. The summed E-state index contributed by atoms with van der Waals surface area (Å²) in [6.45, 7) is 3.22. The summed E-state index contributed by atoms with van der Waals surface area (Å²) >= 11 is 0. The summed E-state index contributed by atoms with van der Waals surface area (Å²) in [5, 5.41) is 2.15. The molecule has 12 heteroatoms. The molecule has 9 nitrogen and oxygen atoms in total. The molecule has 0 aliphatic carbocycles. The Morgan fingerprint density at radius 3 is 2.37 bits per heavy atom. The molecule has 1 amide bonds. The molecule has 0 aliphatic heterocycles. The van der Waals surface area contributed by atoms with Gasteiger partial charge in [-0.1, -0.05) is 30.3 Å². The van der Waals surface area contributed by atoms with Crippen molar-refractivity contribution >= 4 is 11.9 Å². The average molecular weight is 499 g/mol. The number of halogens is 3. The number of alkyl halides is 3. The van der Waals surface area contributed by atoms with E-state index in [2.05, 4.69) is 10.3 Å². The molecule has 0 saturated carbocycles. The second-order valence-corrected chi connectivity index (χ2v) is 7.79. The number of unbranched alkanes of at least 4 members (excludes halogenated alkanes) is 1. The predicted molar refractivity (Wildman–Crippen MR) is 120 cm³/mol. The van der Waals surface area contributed by atoms with Gasteiger partial charge < -0.3 is 19.4 Å². The number of benzene rings is 1. The minimum absolute atomic E-state index is 0.0371. The molecule has 0 aliphatic rings. The molecule has 35 heavy (non-hydrogen) atoms. The van der Waals surface area contributed by atoms with Crippen LogP contribution in [0.25, 0.3) is 0 Å². The Morgan fingerprint density at radius 1 is 1.14 bits per heavy atom. The van der Waals surface area contributed by atoms with Gasteiger partial charge in [-0.15, -0.1) is 0 Å². The van der Waals surface area contributed by atoms with E-state index in [-0.39, 0.29) is 26.0 Å². The van der Waals surface area contributed by atoms with Gasteiger partial charge in [-0.05, 0) is 33.1 Å². The van der Waals surface area contributed by atoms with Crippen LogP contribution in [0.4, 0.5) is 13.2 Å². The number of methoxy groups -OCH3 is 1. The molecule has 0 spiro atoms. The highest BCUT2D eigenvalue weighted by Gasteiger charge is 2.63. The average Bonchev–Trinajstić information content (AvgIpc) is 2.79. The lowest BCUT2D eigenvalue weighted by atomic mass is 9.91. The number of aromatic amines is 1. The molecule has 0 fully saturated rings. The van der Waals surface area contributed by atoms with Gasteiger partial charge in [0.1, 0.15) is 6.04 Å². The summed E-state index contributed by atoms with van der Waals surface area (Å²) in [6.07, 6.45) is -3.19. The highest BCUT2D eigenvalue weighted by Crippen LogP contribution is 2.42. The van der Waals surface area contributed by atoms with E-state index in [4.69, 9.17) is 9.47 Å². The van der Waals surface area contributed by atoms with Crippen LogP contribution in [-0.2, 0) is 31.2 Å². The third-order valence-corrected chi connectivity index (χ3v) is 5.41. The molecule has 0 bridgehead atoms. The summed E-state index contributed by atoms with van der Waals surface area (Å²) in [7, 11) is 0.767. The molecule has 1 aromatic heterocycles. The van der Waals surface area contributed by atoms with Crippen molar-refractivity contribution in [1.82, 2.24) is 14.9 Å². The third kappa shape index (κ3) is 6.38. The van der Waals surface area contributed by atoms with Crippen LogP contribution in [0.2, 0.25) is 0 Å². The number of nitrogens with one attached hydrogen (secondary N) is 2. The largest absolute Gasteiger partial charge is 0.464 e. The fraction of sp³-hybridized carbons (Fsp3) is 0.478. The number of ether oxygens (including phenoxy) is 2. The van der Waals surface area contributed by atoms with Crippen molar-refractivity contribution in [2.75, 3.05) is 13.7 Å². The summed E-state index contributed by atoms with van der Waals surface area (Å²) in [5.74, 6) is -2.44. The maximum Gasteiger partial charge on any atom is 0.430 e. The Morgan fingerprint density at radius 2 is 1.80 bits per heavy atom. The molecule has 0 unspecified atom stereocenters. The zero-order valence-electron chi connectivity index (χ0n) is 19.6. The maximum atomic E-state index is 14.1. The van der Waals surface area contributed by atoms with Gasteiger partial charge in [0.15, 0.2) is 0 Å². The first-order valence-corrected chi connectivity index (χ1v) is 10.9. The molecule has 1 aromatic carbocycles. The van der Waals surface area contributed by atoms with E-state index in [1.165, 1.54) is 42.8 Å². The van der Waals surface area contributed by atoms with Crippen molar-refractivity contribution in [1.29, 1.82) is 0 Å². The van der Waals surface area contributed by atoms with E-state index in [0.29, 0.717) is 12.0 Å². The standard InChI is InChI=1S/C23H28F3N3O6/c1-4-35-19(31)17(12-8-9-13-29-14-15(2)18(30)28-21(29)33)27-20(32)22(34-3,23(24,25)26)16-10-6-5-7-11-16/h5-7,10-11,14,17H,4,8-9,12-13H2,1-3H3,(H,27,32)(H,28,30,33)/t17-,22-/m0/s1. The van der Waals surface area contributed by atoms with Crippen molar-refractivity contribution in [3.63, 3.8) is 0 Å². The monoisotopic (exact) mass is 499 g/mol. The SMILES string of the molecule is CCOC(=O)[C@H](CCCCn1cc(C)c(=O)[nH]c1=O)NC(=O)[C@@](OC)(c1ccccc1)C(F)(F)F. The summed E-state index contributed by atoms with van der Waals surface area (Å²) in [6, 6.07) is 5.02. The Labute approximate surface area is 199 Å². The second kappa shape index (κ2) is 11.8. The number of amides is 1. The van der Waals surface area contributed by atoms with E-state index >= 15 is 0 Å². The minimum Gasteiger partial charge on any atom is -0.464 e. The molecule has 1 heterocycles. The highest BCUT2D eigenvalue weighted by atomic mass is 19.4. The number of nitrogens with zero attached hydrogens (tertiary/aromatic N) is 1. The number of esters is 1. The van der Waals surface area contributed by atoms with Crippen molar-refractivity contribution in [2.45, 2.75) is 57.5 Å². The first kappa shape index (κ1) is 27.8. The van der Waals surface area contributed by atoms with Crippen molar-refractivity contribution < 1.29 is 32.2 Å². The molecular formula is C23H28F3N3O6. The van der Waals surface area contributed by atoms with E-state index in [1.54, 1.807) is 0 Å². The quantitative estimate of drug-likeness (QED) is 0.361. The van der Waals surface area contributed by atoms with Crippen molar-refractivity contribution in [3.8, 4) is 0 Å². The van der Waals surface area contributed by atoms with E-state index in [0.717, 1.165) is 19.2 Å². The van der Waals surface area contributed by atoms with Gasteiger partial charge in [0.2, 0.25) is 0 Å². The molecule has 2 rings (SSSR count). The normalized spacial score (nSPS) is 14.1. The van der Waals surface area contributed by atoms with Crippen LogP contribution in [0.5, 0.6) is 0 Å². The third-order valence-electron chi connectivity index (χ3n) is 5.41. The van der Waals surface area contributed by atoms with E-state index in [1.807, 2.05) is 0 Å². The molecule has 2 aromatic rings. The lowest BCUT2D eigenvalue weighted by molar-refractivity contribution is -0.266. The predicted octanol–water partition coefficient (Wildman–Crippen LogP) is 2.17. The Balaban J connectivity index is 2.20. The number of carbonyl (C=O) groups excluding carboxylic acids is 2. The zero-order valence-corrected chi connectivity index (χ0v) is 19.6. The number of aryl methyl sites for hydroxylation is 2. The van der Waals surface area contributed by atoms with Crippen molar-refractivity contribution in [3.05, 3.63) is 68.5 Å². The highest BCUT2D eigenvalue weighted by molar-refractivity contribution is 5.91. The van der Waals surface area contributed by atoms with Crippen molar-refractivity contribution in [2.24, 2.45) is 0 Å². The molecule has 2 N–H and O–H groups in total. The zero-order chi connectivity index (χ0) is 26.2. The molecule has 192 valence electrons. The van der Waals surface area contributed by atoms with E-state index in [9.17, 15) is 32.3 Å². The van der Waals surface area contributed by atoms with E-state index < -0.39 is 46.5 Å². The minimum atomic E-state index is -5.13. The van der Waals surface area contributed by atoms with Gasteiger partial charge in [-0.25, -0.2) is 9.59 Å². The first-order valence-electron chi connectivity index (χ1n) is 10.9. The number of carbonyl (C=O) groups is 2. The first-order chi connectivity index (χ1) is 16.5. The van der Waals surface area contributed by atoms with Crippen LogP contribution in [0, 0.1) is 6.92 Å². The van der Waals surface area contributed by atoms with Gasteiger partial charge >= 0.3 is 17.8 Å². The Kier molecular flexibility index (Phi) is 9.40. The fourth-order valence-electron chi connectivity index (χ4n) is 3.59. The number of rotatable bonds is 11. The van der Waals surface area contributed by atoms with Gasteiger partial charge in [-0.3, -0.25) is 14.6 Å². The number of aromatic nitrogens is 2.